The van der Waals surface area contributed by atoms with Crippen LogP contribution >= 0.6 is 0 Å². The van der Waals surface area contributed by atoms with Gasteiger partial charge in [-0.3, -0.25) is 4.90 Å². The second kappa shape index (κ2) is 6.76. The average Bonchev–Trinajstić information content (AvgIpc) is 2.30. The van der Waals surface area contributed by atoms with Gasteiger partial charge in [-0.1, -0.05) is 5.92 Å². The molecule has 0 heterocycles. The number of hydrogen-bond donors (Lipinski definition) is 0. The molecule has 0 aliphatic carbocycles. The lowest BCUT2D eigenvalue weighted by Crippen LogP contribution is -2.24. The minimum absolute atomic E-state index is 0.629. The summed E-state index contributed by atoms with van der Waals surface area (Å²) < 4.78 is 10.6. The summed E-state index contributed by atoms with van der Waals surface area (Å²) in [5.74, 6) is 4.26. The Bertz CT molecular complexity index is 340. The summed E-state index contributed by atoms with van der Waals surface area (Å²) in [5, 5.41) is 0. The van der Waals surface area contributed by atoms with Crippen LogP contribution in [0.25, 0.3) is 0 Å². The molecule has 0 saturated heterocycles. The lowest BCUT2D eigenvalue weighted by Gasteiger charge is -2.13. The fourth-order valence-corrected chi connectivity index (χ4v) is 1.23. The number of benzene rings is 1. The SMILES string of the molecule is C#CCN(C)CCOc1ccc(OC)cc1. The normalized spacial score (nSPS) is 9.88. The number of hydrogen-bond acceptors (Lipinski definition) is 3. The Balaban J connectivity index is 2.29. The predicted octanol–water partition coefficient (Wildman–Crippen LogP) is 1.64. The van der Waals surface area contributed by atoms with Crippen LogP contribution in [0, 0.1) is 12.3 Å². The van der Waals surface area contributed by atoms with Crippen molar-refractivity contribution in [1.29, 1.82) is 0 Å². The van der Waals surface area contributed by atoms with Crippen LogP contribution in [0.5, 0.6) is 11.5 Å². The van der Waals surface area contributed by atoms with Gasteiger partial charge >= 0.3 is 0 Å². The number of likely N-dealkylation sites (N-methyl/N-ethyl adjacent to an activating group) is 1. The summed E-state index contributed by atoms with van der Waals surface area (Å²) in [6, 6.07) is 7.53. The predicted molar refractivity (Wildman–Crippen MR) is 64.8 cm³/mol. The Hall–Kier alpha value is -1.66. The molecule has 0 fully saturated rings. The maximum atomic E-state index is 5.56. The smallest absolute Gasteiger partial charge is 0.119 e. The fourth-order valence-electron chi connectivity index (χ4n) is 1.23. The third-order valence-corrected chi connectivity index (χ3v) is 2.16. The molecule has 86 valence electrons. The zero-order valence-corrected chi connectivity index (χ0v) is 9.77. The van der Waals surface area contributed by atoms with Gasteiger partial charge < -0.3 is 9.47 Å². The van der Waals surface area contributed by atoms with Gasteiger partial charge in [0.25, 0.3) is 0 Å². The largest absolute Gasteiger partial charge is 0.497 e. The maximum Gasteiger partial charge on any atom is 0.119 e. The van der Waals surface area contributed by atoms with Crippen molar-refractivity contribution < 1.29 is 9.47 Å². The van der Waals surface area contributed by atoms with Crippen molar-refractivity contribution in [2.24, 2.45) is 0 Å². The van der Waals surface area contributed by atoms with E-state index in [1.54, 1.807) is 7.11 Å². The molecule has 0 aliphatic heterocycles. The van der Waals surface area contributed by atoms with E-state index in [4.69, 9.17) is 15.9 Å². The molecule has 16 heavy (non-hydrogen) atoms. The number of terminal acetylenes is 1. The van der Waals surface area contributed by atoms with Crippen molar-refractivity contribution >= 4 is 0 Å². The van der Waals surface area contributed by atoms with Crippen molar-refractivity contribution in [2.45, 2.75) is 0 Å². The first kappa shape index (κ1) is 12.4. The summed E-state index contributed by atoms with van der Waals surface area (Å²) >= 11 is 0. The fraction of sp³-hybridized carbons (Fsp3) is 0.385. The number of ether oxygens (including phenoxy) is 2. The highest BCUT2D eigenvalue weighted by molar-refractivity contribution is 5.31. The molecule has 0 aromatic heterocycles. The first-order chi connectivity index (χ1) is 7.76. The Morgan fingerprint density at radius 2 is 1.88 bits per heavy atom. The van der Waals surface area contributed by atoms with Gasteiger partial charge in [-0.25, -0.2) is 0 Å². The van der Waals surface area contributed by atoms with Crippen LogP contribution < -0.4 is 9.47 Å². The highest BCUT2D eigenvalue weighted by Crippen LogP contribution is 2.16. The lowest BCUT2D eigenvalue weighted by atomic mass is 10.3. The average molecular weight is 219 g/mol. The molecule has 1 aromatic rings. The van der Waals surface area contributed by atoms with E-state index in [2.05, 4.69) is 5.92 Å². The van der Waals surface area contributed by atoms with Gasteiger partial charge in [-0.05, 0) is 31.3 Å². The lowest BCUT2D eigenvalue weighted by molar-refractivity contribution is 0.251. The zero-order chi connectivity index (χ0) is 11.8. The molecule has 0 saturated carbocycles. The van der Waals surface area contributed by atoms with Crippen molar-refractivity contribution in [3.05, 3.63) is 24.3 Å². The monoisotopic (exact) mass is 219 g/mol. The van der Waals surface area contributed by atoms with E-state index in [1.807, 2.05) is 36.2 Å². The van der Waals surface area contributed by atoms with E-state index in [0.29, 0.717) is 13.2 Å². The van der Waals surface area contributed by atoms with Crippen LogP contribution in [0.4, 0.5) is 0 Å². The standard InChI is InChI=1S/C13H17NO2/c1-4-9-14(2)10-11-16-13-7-5-12(15-3)6-8-13/h1,5-8H,9-11H2,2-3H3. The van der Waals surface area contributed by atoms with E-state index in [-0.39, 0.29) is 0 Å². The summed E-state index contributed by atoms with van der Waals surface area (Å²) in [5.41, 5.74) is 0. The highest BCUT2D eigenvalue weighted by Gasteiger charge is 1.97. The molecule has 0 unspecified atom stereocenters. The quantitative estimate of drug-likeness (QED) is 0.679. The minimum atomic E-state index is 0.629. The number of nitrogens with zero attached hydrogens (tertiary/aromatic N) is 1. The van der Waals surface area contributed by atoms with Crippen molar-refractivity contribution in [3.63, 3.8) is 0 Å². The molecule has 0 spiro atoms. The minimum Gasteiger partial charge on any atom is -0.497 e. The van der Waals surface area contributed by atoms with Crippen LogP contribution in [-0.4, -0.2) is 38.8 Å². The van der Waals surface area contributed by atoms with Crippen molar-refractivity contribution in [3.8, 4) is 23.8 Å². The molecular weight excluding hydrogens is 202 g/mol. The molecule has 0 aliphatic rings. The molecule has 3 heteroatoms. The third kappa shape index (κ3) is 4.24. The summed E-state index contributed by atoms with van der Waals surface area (Å²) in [6.07, 6.45) is 5.20. The van der Waals surface area contributed by atoms with Gasteiger partial charge in [0, 0.05) is 6.54 Å². The van der Waals surface area contributed by atoms with Crippen LogP contribution in [0.1, 0.15) is 0 Å². The molecule has 3 nitrogen and oxygen atoms in total. The van der Waals surface area contributed by atoms with E-state index in [0.717, 1.165) is 18.0 Å². The van der Waals surface area contributed by atoms with Gasteiger partial charge in [-0.15, -0.1) is 6.42 Å². The van der Waals surface area contributed by atoms with Gasteiger partial charge in [0.1, 0.15) is 18.1 Å². The van der Waals surface area contributed by atoms with Gasteiger partial charge in [-0.2, -0.15) is 0 Å². The van der Waals surface area contributed by atoms with Gasteiger partial charge in [0.05, 0.1) is 13.7 Å². The first-order valence-corrected chi connectivity index (χ1v) is 5.15. The Labute approximate surface area is 97.0 Å². The Morgan fingerprint density at radius 1 is 1.25 bits per heavy atom. The number of rotatable bonds is 6. The Morgan fingerprint density at radius 3 is 2.44 bits per heavy atom. The molecule has 0 N–H and O–H groups in total. The topological polar surface area (TPSA) is 21.7 Å². The van der Waals surface area contributed by atoms with E-state index >= 15 is 0 Å². The second-order valence-corrected chi connectivity index (χ2v) is 3.47. The number of methoxy groups -OCH3 is 1. The van der Waals surface area contributed by atoms with Crippen molar-refractivity contribution in [1.82, 2.24) is 4.90 Å². The maximum absolute atomic E-state index is 5.56. The Kier molecular flexibility index (Phi) is 5.24. The third-order valence-electron chi connectivity index (χ3n) is 2.16. The summed E-state index contributed by atoms with van der Waals surface area (Å²) in [4.78, 5) is 2.03. The van der Waals surface area contributed by atoms with Crippen molar-refractivity contribution in [2.75, 3.05) is 33.9 Å². The summed E-state index contributed by atoms with van der Waals surface area (Å²) in [6.45, 7) is 2.09. The van der Waals surface area contributed by atoms with Crippen LogP contribution in [0.15, 0.2) is 24.3 Å². The molecule has 0 amide bonds. The molecule has 0 radical (unpaired) electrons. The van der Waals surface area contributed by atoms with E-state index in [1.165, 1.54) is 0 Å². The van der Waals surface area contributed by atoms with E-state index in [9.17, 15) is 0 Å². The van der Waals surface area contributed by atoms with Gasteiger partial charge in [0.2, 0.25) is 0 Å². The van der Waals surface area contributed by atoms with Crippen LogP contribution in [-0.2, 0) is 0 Å². The second-order valence-electron chi connectivity index (χ2n) is 3.47. The van der Waals surface area contributed by atoms with Gasteiger partial charge in [0.15, 0.2) is 0 Å². The summed E-state index contributed by atoms with van der Waals surface area (Å²) in [7, 11) is 3.61. The molecular formula is C13H17NO2. The molecule has 0 atom stereocenters. The van der Waals surface area contributed by atoms with Crippen LogP contribution in [0.3, 0.4) is 0 Å². The molecule has 1 aromatic carbocycles. The molecule has 0 bridgehead atoms. The van der Waals surface area contributed by atoms with Crippen LogP contribution in [0.2, 0.25) is 0 Å². The highest BCUT2D eigenvalue weighted by atomic mass is 16.5. The molecule has 1 rings (SSSR count). The van der Waals surface area contributed by atoms with E-state index < -0.39 is 0 Å². The zero-order valence-electron chi connectivity index (χ0n) is 9.77. The first-order valence-electron chi connectivity index (χ1n) is 5.15.